The zero-order valence-corrected chi connectivity index (χ0v) is 18.3. The van der Waals surface area contributed by atoms with Crippen LogP contribution in [0.15, 0.2) is 30.5 Å². The summed E-state index contributed by atoms with van der Waals surface area (Å²) >= 11 is 0. The van der Waals surface area contributed by atoms with E-state index in [1.165, 1.54) is 12.1 Å². The van der Waals surface area contributed by atoms with E-state index in [0.717, 1.165) is 6.42 Å². The smallest absolute Gasteiger partial charge is 0.175 e. The van der Waals surface area contributed by atoms with Crippen molar-refractivity contribution >= 4 is 27.5 Å². The quantitative estimate of drug-likeness (QED) is 0.491. The molecular weight excluding hydrogens is 426 g/mol. The molecule has 8 heteroatoms. The number of aryl methyl sites for hydroxylation is 2. The first-order valence-corrected chi connectivity index (χ1v) is 11.1. The van der Waals surface area contributed by atoms with E-state index >= 15 is 4.39 Å². The third-order valence-electron chi connectivity index (χ3n) is 6.71. The van der Waals surface area contributed by atoms with Crippen LogP contribution in [0, 0.1) is 18.6 Å². The van der Waals surface area contributed by atoms with Gasteiger partial charge in [-0.05, 0) is 54.3 Å². The SMILES string of the molecule is CCc1c(F)ccc2cc(O)cc(-c3ncc4c(N5C[C@@H]6C[C@H]5CO6)nc(C)nc4c3F)c12. The predicted octanol–water partition coefficient (Wildman–Crippen LogP) is 4.68. The average Bonchev–Trinajstić information content (AvgIpc) is 3.43. The molecule has 4 aromatic rings. The first kappa shape index (κ1) is 20.2. The summed E-state index contributed by atoms with van der Waals surface area (Å²) in [4.78, 5) is 15.6. The summed E-state index contributed by atoms with van der Waals surface area (Å²) in [7, 11) is 0. The molecule has 0 unspecified atom stereocenters. The molecule has 1 N–H and O–H groups in total. The van der Waals surface area contributed by atoms with E-state index in [1.54, 1.807) is 25.3 Å². The van der Waals surface area contributed by atoms with Gasteiger partial charge in [-0.2, -0.15) is 0 Å². The number of benzene rings is 2. The van der Waals surface area contributed by atoms with Crippen LogP contribution < -0.4 is 4.90 Å². The van der Waals surface area contributed by atoms with Gasteiger partial charge in [-0.25, -0.2) is 18.7 Å². The van der Waals surface area contributed by atoms with Crippen LogP contribution in [-0.4, -0.2) is 45.4 Å². The van der Waals surface area contributed by atoms with Crippen molar-refractivity contribution in [3.05, 3.63) is 53.5 Å². The zero-order valence-electron chi connectivity index (χ0n) is 18.3. The van der Waals surface area contributed by atoms with Gasteiger partial charge in [0.15, 0.2) is 5.82 Å². The number of phenols is 1. The molecule has 2 saturated heterocycles. The molecule has 2 aromatic heterocycles. The molecule has 0 saturated carbocycles. The molecule has 6 rings (SSSR count). The zero-order chi connectivity index (χ0) is 22.9. The molecule has 0 amide bonds. The summed E-state index contributed by atoms with van der Waals surface area (Å²) in [6.45, 7) is 4.91. The fourth-order valence-electron chi connectivity index (χ4n) is 5.25. The number of fused-ring (bicyclic) bond motifs is 4. The molecule has 2 atom stereocenters. The number of rotatable bonds is 3. The Kier molecular flexibility index (Phi) is 4.48. The Hall–Kier alpha value is -3.39. The second kappa shape index (κ2) is 7.31. The summed E-state index contributed by atoms with van der Waals surface area (Å²) in [6.07, 6.45) is 3.09. The molecule has 6 nitrogen and oxygen atoms in total. The molecule has 4 heterocycles. The number of ether oxygens (including phenoxy) is 1. The Bertz CT molecular complexity index is 1440. The summed E-state index contributed by atoms with van der Waals surface area (Å²) in [5.74, 6) is 0.0914. The lowest BCUT2D eigenvalue weighted by atomic mass is 9.94. The highest BCUT2D eigenvalue weighted by atomic mass is 19.1. The van der Waals surface area contributed by atoms with Crippen LogP contribution in [0.5, 0.6) is 5.75 Å². The number of aromatic nitrogens is 3. The minimum Gasteiger partial charge on any atom is -0.508 e. The van der Waals surface area contributed by atoms with Crippen molar-refractivity contribution in [1.82, 2.24) is 15.0 Å². The molecule has 168 valence electrons. The van der Waals surface area contributed by atoms with Crippen LogP contribution in [0.25, 0.3) is 32.9 Å². The van der Waals surface area contributed by atoms with Gasteiger partial charge in [0.2, 0.25) is 0 Å². The van der Waals surface area contributed by atoms with Gasteiger partial charge in [-0.1, -0.05) is 13.0 Å². The summed E-state index contributed by atoms with van der Waals surface area (Å²) < 4.78 is 36.3. The van der Waals surface area contributed by atoms with Crippen molar-refractivity contribution in [3.63, 3.8) is 0 Å². The molecule has 0 spiro atoms. The van der Waals surface area contributed by atoms with Crippen molar-refractivity contribution < 1.29 is 18.6 Å². The number of nitrogens with zero attached hydrogens (tertiary/aromatic N) is 4. The number of phenolic OH excluding ortho intramolecular Hbond substituents is 1. The van der Waals surface area contributed by atoms with Crippen LogP contribution in [0.3, 0.4) is 0 Å². The number of anilines is 1. The maximum Gasteiger partial charge on any atom is 0.175 e. The Morgan fingerprint density at radius 1 is 1.21 bits per heavy atom. The maximum atomic E-state index is 16.0. The molecule has 0 radical (unpaired) electrons. The number of hydrogen-bond donors (Lipinski definition) is 1. The largest absolute Gasteiger partial charge is 0.508 e. The van der Waals surface area contributed by atoms with E-state index in [2.05, 4.69) is 19.9 Å². The van der Waals surface area contributed by atoms with E-state index in [1.807, 2.05) is 6.92 Å². The topological polar surface area (TPSA) is 71.4 Å². The summed E-state index contributed by atoms with van der Waals surface area (Å²) in [5.41, 5.74) is 0.986. The van der Waals surface area contributed by atoms with Crippen LogP contribution in [0.2, 0.25) is 0 Å². The van der Waals surface area contributed by atoms with E-state index < -0.39 is 5.82 Å². The third-order valence-corrected chi connectivity index (χ3v) is 6.71. The van der Waals surface area contributed by atoms with Crippen LogP contribution in [0.1, 0.15) is 24.7 Å². The Balaban J connectivity index is 1.60. The highest BCUT2D eigenvalue weighted by molar-refractivity contribution is 6.01. The van der Waals surface area contributed by atoms with Gasteiger partial charge in [-0.3, -0.25) is 4.98 Å². The van der Waals surface area contributed by atoms with Gasteiger partial charge < -0.3 is 14.7 Å². The standard InChI is InChI=1S/C25H22F2N4O2/c1-3-17-20(26)5-4-13-6-15(32)8-18(21(13)17)23-22(27)24-19(9-28-23)25(30-12(2)29-24)31-10-16-7-14(31)11-33-16/h4-6,8-9,14,16,32H,3,7,10-11H2,1-2H3/t14-,16-/m0/s1. The first-order valence-electron chi connectivity index (χ1n) is 11.1. The number of halogens is 2. The molecule has 0 aliphatic carbocycles. The fraction of sp³-hybridized carbons (Fsp3) is 0.320. The van der Waals surface area contributed by atoms with Crippen LogP contribution in [0.4, 0.5) is 14.6 Å². The molecule has 2 bridgehead atoms. The fourth-order valence-corrected chi connectivity index (χ4v) is 5.25. The molecule has 2 aromatic carbocycles. The lowest BCUT2D eigenvalue weighted by Gasteiger charge is -2.29. The number of morpholine rings is 1. The van der Waals surface area contributed by atoms with Crippen molar-refractivity contribution in [3.8, 4) is 17.0 Å². The van der Waals surface area contributed by atoms with Crippen molar-refractivity contribution in [1.29, 1.82) is 0 Å². The molecule has 2 fully saturated rings. The Morgan fingerprint density at radius 2 is 2.06 bits per heavy atom. The second-order valence-corrected chi connectivity index (χ2v) is 8.75. The average molecular weight is 448 g/mol. The van der Waals surface area contributed by atoms with Gasteiger partial charge in [0.05, 0.1) is 24.1 Å². The lowest BCUT2D eigenvalue weighted by molar-refractivity contribution is 0.0989. The first-order chi connectivity index (χ1) is 15.9. The number of pyridine rings is 1. The molecular formula is C25H22F2N4O2. The van der Waals surface area contributed by atoms with Crippen molar-refractivity contribution in [2.75, 3.05) is 18.1 Å². The summed E-state index contributed by atoms with van der Waals surface area (Å²) in [6, 6.07) is 6.14. The summed E-state index contributed by atoms with van der Waals surface area (Å²) in [5, 5.41) is 12.0. The molecule has 33 heavy (non-hydrogen) atoms. The highest BCUT2D eigenvalue weighted by Crippen LogP contribution is 2.40. The van der Waals surface area contributed by atoms with Gasteiger partial charge >= 0.3 is 0 Å². The predicted molar refractivity (Wildman–Crippen MR) is 121 cm³/mol. The minimum atomic E-state index is -0.613. The maximum absolute atomic E-state index is 16.0. The lowest BCUT2D eigenvalue weighted by Crippen LogP contribution is -2.37. The van der Waals surface area contributed by atoms with Crippen LogP contribution >= 0.6 is 0 Å². The van der Waals surface area contributed by atoms with Crippen LogP contribution in [-0.2, 0) is 11.2 Å². The molecule has 2 aliphatic heterocycles. The monoisotopic (exact) mass is 448 g/mol. The van der Waals surface area contributed by atoms with Gasteiger partial charge in [-0.15, -0.1) is 0 Å². The Labute approximate surface area is 188 Å². The second-order valence-electron chi connectivity index (χ2n) is 8.75. The number of hydrogen-bond acceptors (Lipinski definition) is 6. The van der Waals surface area contributed by atoms with Gasteiger partial charge in [0.25, 0.3) is 0 Å². The number of aromatic hydroxyl groups is 1. The van der Waals surface area contributed by atoms with Gasteiger partial charge in [0.1, 0.15) is 34.4 Å². The van der Waals surface area contributed by atoms with E-state index in [4.69, 9.17) is 4.74 Å². The Morgan fingerprint density at radius 3 is 2.79 bits per heavy atom. The van der Waals surface area contributed by atoms with E-state index in [-0.39, 0.29) is 34.9 Å². The third kappa shape index (κ3) is 3.04. The highest BCUT2D eigenvalue weighted by Gasteiger charge is 2.40. The van der Waals surface area contributed by atoms with Crippen molar-refractivity contribution in [2.45, 2.75) is 38.8 Å². The van der Waals surface area contributed by atoms with E-state index in [0.29, 0.717) is 58.5 Å². The minimum absolute atomic E-state index is 0.0269. The van der Waals surface area contributed by atoms with E-state index in [9.17, 15) is 9.50 Å². The van der Waals surface area contributed by atoms with Gasteiger partial charge in [0, 0.05) is 18.3 Å². The van der Waals surface area contributed by atoms with Crippen molar-refractivity contribution in [2.24, 2.45) is 0 Å². The normalized spacial score (nSPS) is 19.8. The molecule has 2 aliphatic rings.